The highest BCUT2D eigenvalue weighted by atomic mass is 19.4. The summed E-state index contributed by atoms with van der Waals surface area (Å²) in [5.41, 5.74) is 1.98. The van der Waals surface area contributed by atoms with E-state index in [0.717, 1.165) is 35.0 Å². The lowest BCUT2D eigenvalue weighted by Gasteiger charge is -2.21. The first kappa shape index (κ1) is 31.0. The summed E-state index contributed by atoms with van der Waals surface area (Å²) in [4.78, 5) is 0. The van der Waals surface area contributed by atoms with Gasteiger partial charge in [-0.3, -0.25) is 0 Å². The summed E-state index contributed by atoms with van der Waals surface area (Å²) in [5, 5.41) is 5.76. The van der Waals surface area contributed by atoms with E-state index in [1.165, 1.54) is 30.3 Å². The van der Waals surface area contributed by atoms with Crippen LogP contribution in [0.25, 0.3) is 87.2 Å². The van der Waals surface area contributed by atoms with Crippen LogP contribution in [0.1, 0.15) is 5.56 Å². The minimum Gasteiger partial charge on any atom is -0.207 e. The van der Waals surface area contributed by atoms with Crippen LogP contribution >= 0.6 is 0 Å². The Bertz CT molecular complexity index is 2860. The molecule has 0 nitrogen and oxygen atoms in total. The number of alkyl halides is 3. The summed E-state index contributed by atoms with van der Waals surface area (Å²) in [7, 11) is 0. The molecule has 8 heteroatoms. The second kappa shape index (κ2) is 11.0. The third-order valence-electron chi connectivity index (χ3n) is 9.78. The van der Waals surface area contributed by atoms with Crippen LogP contribution in [-0.4, -0.2) is 0 Å². The maximum absolute atomic E-state index is 16.1. The predicted molar refractivity (Wildman–Crippen MR) is 186 cm³/mol. The quantitative estimate of drug-likeness (QED) is 0.0750. The molecule has 0 N–H and O–H groups in total. The Balaban J connectivity index is 1.38. The van der Waals surface area contributed by atoms with Crippen molar-refractivity contribution in [3.63, 3.8) is 0 Å². The average Bonchev–Trinajstić information content (AvgIpc) is 3.11. The molecule has 0 spiro atoms. The van der Waals surface area contributed by atoms with Crippen molar-refractivity contribution in [2.75, 3.05) is 0 Å². The molecule has 0 unspecified atom stereocenters. The smallest absolute Gasteiger partial charge is 0.207 e. The van der Waals surface area contributed by atoms with E-state index >= 15 is 8.78 Å². The zero-order valence-corrected chi connectivity index (χ0v) is 26.1. The van der Waals surface area contributed by atoms with Gasteiger partial charge < -0.3 is 0 Å². The third kappa shape index (κ3) is 4.66. The lowest BCUT2D eigenvalue weighted by Crippen LogP contribution is -2.04. The van der Waals surface area contributed by atoms with Gasteiger partial charge in [-0.25, -0.2) is 22.0 Å². The molecule has 51 heavy (non-hydrogen) atoms. The Morgan fingerprint density at radius 2 is 1.00 bits per heavy atom. The van der Waals surface area contributed by atoms with Gasteiger partial charge in [0.1, 0.15) is 11.6 Å². The van der Waals surface area contributed by atoms with Gasteiger partial charge in [0.15, 0.2) is 17.5 Å². The summed E-state index contributed by atoms with van der Waals surface area (Å²) in [5.74, 6) is -5.44. The molecule has 0 aliphatic rings. The SMILES string of the molecule is Fc1ccc2c(-c3ccc4c(F)cc5c(-c6cc(F)c(F)c(F)c6)ccc6ccc3c4c65)c3ccccc3c(-c3ccc(C(F)(F)F)cc3)c2c1. The predicted octanol–water partition coefficient (Wildman–Crippen LogP) is 13.6. The highest BCUT2D eigenvalue weighted by molar-refractivity contribution is 6.30. The molecule has 0 radical (unpaired) electrons. The van der Waals surface area contributed by atoms with Gasteiger partial charge in [-0.1, -0.05) is 78.9 Å². The van der Waals surface area contributed by atoms with Gasteiger partial charge in [-0.2, -0.15) is 13.2 Å². The fourth-order valence-electron chi connectivity index (χ4n) is 7.60. The standard InChI is InChI=1S/C43H20F8/c44-25-11-14-31-33(19-25)38(21-5-9-24(10-6-21)43(49,50)51)27-3-1-2-4-28(27)40(31)29-15-16-32-35(45)20-34-26(23-17-36(46)42(48)37(47)18-23)12-7-22-8-13-30(29)41(32)39(22)34/h1-20H. The molecule has 0 saturated carbocycles. The molecule has 0 heterocycles. The summed E-state index contributed by atoms with van der Waals surface area (Å²) in [6.07, 6.45) is -4.53. The molecule has 9 aromatic carbocycles. The second-order valence-electron chi connectivity index (χ2n) is 12.6. The van der Waals surface area contributed by atoms with Gasteiger partial charge in [0.2, 0.25) is 0 Å². The van der Waals surface area contributed by atoms with Crippen molar-refractivity contribution in [2.24, 2.45) is 0 Å². The van der Waals surface area contributed by atoms with E-state index in [1.807, 2.05) is 30.3 Å². The van der Waals surface area contributed by atoms with Crippen LogP contribution < -0.4 is 0 Å². The van der Waals surface area contributed by atoms with E-state index in [9.17, 15) is 26.3 Å². The van der Waals surface area contributed by atoms with Crippen LogP contribution in [0.3, 0.4) is 0 Å². The summed E-state index contributed by atoms with van der Waals surface area (Å²) in [6.45, 7) is 0. The van der Waals surface area contributed by atoms with Crippen LogP contribution in [0.15, 0.2) is 121 Å². The summed E-state index contributed by atoms with van der Waals surface area (Å²) in [6, 6.07) is 30.0. The van der Waals surface area contributed by atoms with Crippen molar-refractivity contribution in [1.29, 1.82) is 0 Å². The first-order valence-corrected chi connectivity index (χ1v) is 15.9. The molecule has 9 rings (SSSR count). The number of benzene rings is 9. The number of fused-ring (bicyclic) bond motifs is 2. The Hall–Kier alpha value is -6.02. The van der Waals surface area contributed by atoms with Crippen LogP contribution in [0.5, 0.6) is 0 Å². The number of halogens is 8. The zero-order chi connectivity index (χ0) is 35.3. The average molecular weight is 689 g/mol. The zero-order valence-electron chi connectivity index (χ0n) is 26.1. The molecule has 0 aromatic heterocycles. The molecule has 0 amide bonds. The van der Waals surface area contributed by atoms with E-state index in [0.29, 0.717) is 70.9 Å². The first-order valence-electron chi connectivity index (χ1n) is 15.9. The lowest BCUT2D eigenvalue weighted by atomic mass is 9.82. The molecule has 0 atom stereocenters. The molecular weight excluding hydrogens is 668 g/mol. The van der Waals surface area contributed by atoms with Gasteiger partial charge in [-0.05, 0) is 119 Å². The fourth-order valence-corrected chi connectivity index (χ4v) is 7.60. The molecule has 248 valence electrons. The Kier molecular flexibility index (Phi) is 6.68. The molecule has 0 aliphatic heterocycles. The third-order valence-corrected chi connectivity index (χ3v) is 9.78. The minimum absolute atomic E-state index is 0.0434. The van der Waals surface area contributed by atoms with Crippen molar-refractivity contribution >= 4 is 53.9 Å². The maximum Gasteiger partial charge on any atom is 0.416 e. The summed E-state index contributed by atoms with van der Waals surface area (Å²) < 4.78 is 114. The Labute approximate surface area is 284 Å². The van der Waals surface area contributed by atoms with Crippen LogP contribution in [0, 0.1) is 29.1 Å². The largest absolute Gasteiger partial charge is 0.416 e. The number of hydrogen-bond acceptors (Lipinski definition) is 0. The van der Waals surface area contributed by atoms with E-state index in [-0.39, 0.29) is 5.56 Å². The Morgan fingerprint density at radius 3 is 1.71 bits per heavy atom. The van der Waals surface area contributed by atoms with Crippen molar-refractivity contribution in [1.82, 2.24) is 0 Å². The normalized spacial score (nSPS) is 12.3. The molecule has 0 aliphatic carbocycles. The van der Waals surface area contributed by atoms with Crippen molar-refractivity contribution in [3.05, 3.63) is 156 Å². The topological polar surface area (TPSA) is 0 Å². The highest BCUT2D eigenvalue weighted by Crippen LogP contribution is 2.49. The summed E-state index contributed by atoms with van der Waals surface area (Å²) >= 11 is 0. The molecule has 0 bridgehead atoms. The van der Waals surface area contributed by atoms with Crippen molar-refractivity contribution in [2.45, 2.75) is 6.18 Å². The lowest BCUT2D eigenvalue weighted by molar-refractivity contribution is -0.137. The minimum atomic E-state index is -4.53. The van der Waals surface area contributed by atoms with Gasteiger partial charge in [0, 0.05) is 10.8 Å². The first-order chi connectivity index (χ1) is 24.5. The van der Waals surface area contributed by atoms with E-state index in [2.05, 4.69) is 0 Å². The van der Waals surface area contributed by atoms with E-state index in [1.54, 1.807) is 36.4 Å². The monoisotopic (exact) mass is 688 g/mol. The molecule has 0 saturated heterocycles. The van der Waals surface area contributed by atoms with Crippen LogP contribution in [0.2, 0.25) is 0 Å². The maximum atomic E-state index is 16.1. The van der Waals surface area contributed by atoms with Crippen molar-refractivity contribution < 1.29 is 35.1 Å². The molecule has 0 fully saturated rings. The molecular formula is C43H20F8. The van der Waals surface area contributed by atoms with E-state index in [4.69, 9.17) is 0 Å². The molecule has 9 aromatic rings. The second-order valence-corrected chi connectivity index (χ2v) is 12.6. The fraction of sp³-hybridized carbons (Fsp3) is 0.0233. The number of hydrogen-bond donors (Lipinski definition) is 0. The van der Waals surface area contributed by atoms with Gasteiger partial charge in [0.05, 0.1) is 5.56 Å². The highest BCUT2D eigenvalue weighted by Gasteiger charge is 2.30. The van der Waals surface area contributed by atoms with Gasteiger partial charge >= 0.3 is 6.18 Å². The number of rotatable bonds is 3. The van der Waals surface area contributed by atoms with Gasteiger partial charge in [0.25, 0.3) is 0 Å². The van der Waals surface area contributed by atoms with Gasteiger partial charge in [-0.15, -0.1) is 0 Å². The Morgan fingerprint density at radius 1 is 0.392 bits per heavy atom. The van der Waals surface area contributed by atoms with E-state index < -0.39 is 40.8 Å². The van der Waals surface area contributed by atoms with Crippen molar-refractivity contribution in [3.8, 4) is 33.4 Å². The van der Waals surface area contributed by atoms with Crippen LogP contribution in [-0.2, 0) is 6.18 Å². The van der Waals surface area contributed by atoms with Crippen LogP contribution in [0.4, 0.5) is 35.1 Å².